The Balaban J connectivity index is 1.95. The van der Waals surface area contributed by atoms with Crippen LogP contribution in [0.4, 0.5) is 0 Å². The second-order valence-corrected chi connectivity index (χ2v) is 7.28. The zero-order valence-corrected chi connectivity index (χ0v) is 15.8. The van der Waals surface area contributed by atoms with E-state index in [1.54, 1.807) is 0 Å². The van der Waals surface area contributed by atoms with Crippen LogP contribution in [0.15, 0.2) is 60.7 Å². The molecule has 1 aliphatic rings. The van der Waals surface area contributed by atoms with E-state index in [4.69, 9.17) is 0 Å². The summed E-state index contributed by atoms with van der Waals surface area (Å²) in [5.41, 5.74) is 0.834. The minimum Gasteiger partial charge on any atom is -0.385 e. The Morgan fingerprint density at radius 3 is 2.27 bits per heavy atom. The van der Waals surface area contributed by atoms with Gasteiger partial charge in [-0.15, -0.1) is 0 Å². The molecule has 0 radical (unpaired) electrons. The lowest BCUT2D eigenvalue weighted by molar-refractivity contribution is -0.101. The molecule has 0 unspecified atom stereocenters. The summed E-state index contributed by atoms with van der Waals surface area (Å²) >= 11 is 0. The lowest BCUT2D eigenvalue weighted by atomic mass is 9.69. The Hall–Kier alpha value is -2.13. The number of carbonyl (C=O) groups is 1. The summed E-state index contributed by atoms with van der Waals surface area (Å²) in [5, 5.41) is 11.7. The first-order chi connectivity index (χ1) is 12.6. The fraction of sp³-hybridized carbons (Fsp3) is 0.435. The summed E-state index contributed by atoms with van der Waals surface area (Å²) in [5.74, 6) is 0.120. The first-order valence-electron chi connectivity index (χ1n) is 9.75. The molecule has 3 atom stereocenters. The predicted molar refractivity (Wildman–Crippen MR) is 105 cm³/mol. The van der Waals surface area contributed by atoms with Gasteiger partial charge >= 0.3 is 0 Å². The van der Waals surface area contributed by atoms with E-state index >= 15 is 0 Å². The molecule has 3 heteroatoms. The second-order valence-electron chi connectivity index (χ2n) is 7.28. The molecule has 3 rings (SSSR count). The van der Waals surface area contributed by atoms with E-state index in [1.807, 2.05) is 65.6 Å². The minimum absolute atomic E-state index is 0.0429. The molecule has 1 aliphatic heterocycles. The quantitative estimate of drug-likeness (QED) is 0.854. The highest BCUT2D eigenvalue weighted by atomic mass is 16.3. The summed E-state index contributed by atoms with van der Waals surface area (Å²) in [6, 6.07) is 19.5. The van der Waals surface area contributed by atoms with Crippen LogP contribution in [0.5, 0.6) is 0 Å². The average Bonchev–Trinajstić information content (AvgIpc) is 2.70. The summed E-state index contributed by atoms with van der Waals surface area (Å²) < 4.78 is 0. The molecule has 1 saturated heterocycles. The van der Waals surface area contributed by atoms with Crippen molar-refractivity contribution in [2.24, 2.45) is 5.92 Å². The van der Waals surface area contributed by atoms with E-state index in [9.17, 15) is 9.90 Å². The number of amides is 1. The number of aliphatic hydroxyl groups is 1. The van der Waals surface area contributed by atoms with Crippen molar-refractivity contribution in [3.05, 3.63) is 71.8 Å². The van der Waals surface area contributed by atoms with Crippen LogP contribution in [0, 0.1) is 5.92 Å². The lowest BCUT2D eigenvalue weighted by Gasteiger charge is -2.50. The highest BCUT2D eigenvalue weighted by Crippen LogP contribution is 2.44. The summed E-state index contributed by atoms with van der Waals surface area (Å²) in [7, 11) is 0. The van der Waals surface area contributed by atoms with Crippen LogP contribution in [0.2, 0.25) is 0 Å². The summed E-state index contributed by atoms with van der Waals surface area (Å²) in [6.07, 6.45) is 3.32. The zero-order chi connectivity index (χ0) is 18.6. The zero-order valence-electron chi connectivity index (χ0n) is 15.8. The second kappa shape index (κ2) is 8.05. The maximum Gasteiger partial charge on any atom is 0.254 e. The predicted octanol–water partition coefficient (Wildman–Crippen LogP) is 4.62. The number of benzene rings is 2. The standard InChI is InChI=1S/C23H29NO2/c1-3-11-20-21(4-2)24(22(25)18-12-7-5-8-13-18)17-16-23(20,26)19-14-9-6-10-15-19/h5-10,12-15,20-21,26H,3-4,11,16-17H2,1-2H3/t20-,21+,23-/m1/s1. The topological polar surface area (TPSA) is 40.5 Å². The number of hydrogen-bond donors (Lipinski definition) is 1. The first kappa shape index (κ1) is 18.7. The van der Waals surface area contributed by atoms with Crippen LogP contribution in [0.1, 0.15) is 55.5 Å². The van der Waals surface area contributed by atoms with Crippen LogP contribution >= 0.6 is 0 Å². The van der Waals surface area contributed by atoms with E-state index in [1.165, 1.54) is 0 Å². The normalized spacial score (nSPS) is 25.9. The molecule has 1 fully saturated rings. The van der Waals surface area contributed by atoms with Crippen molar-refractivity contribution >= 4 is 5.91 Å². The summed E-state index contributed by atoms with van der Waals surface area (Å²) in [4.78, 5) is 15.1. The number of piperidine rings is 1. The Labute approximate surface area is 156 Å². The molecule has 1 amide bonds. The van der Waals surface area contributed by atoms with E-state index < -0.39 is 5.60 Å². The number of hydrogen-bond acceptors (Lipinski definition) is 2. The maximum absolute atomic E-state index is 13.1. The Morgan fingerprint density at radius 2 is 1.69 bits per heavy atom. The fourth-order valence-electron chi connectivity index (χ4n) is 4.51. The first-order valence-corrected chi connectivity index (χ1v) is 9.75. The number of likely N-dealkylation sites (tertiary alicyclic amines) is 1. The van der Waals surface area contributed by atoms with Gasteiger partial charge in [-0.3, -0.25) is 4.79 Å². The van der Waals surface area contributed by atoms with Crippen molar-refractivity contribution in [2.75, 3.05) is 6.54 Å². The van der Waals surface area contributed by atoms with Gasteiger partial charge < -0.3 is 10.0 Å². The fourth-order valence-corrected chi connectivity index (χ4v) is 4.51. The van der Waals surface area contributed by atoms with Crippen LogP contribution in [0.25, 0.3) is 0 Å². The highest BCUT2D eigenvalue weighted by Gasteiger charge is 2.48. The third kappa shape index (κ3) is 3.41. The van der Waals surface area contributed by atoms with E-state index in [0.29, 0.717) is 13.0 Å². The molecule has 26 heavy (non-hydrogen) atoms. The molecule has 2 aromatic carbocycles. The van der Waals surface area contributed by atoms with Crippen LogP contribution < -0.4 is 0 Å². The third-order valence-corrected chi connectivity index (χ3v) is 5.79. The van der Waals surface area contributed by atoms with Gasteiger partial charge in [0.2, 0.25) is 0 Å². The van der Waals surface area contributed by atoms with Gasteiger partial charge in [-0.25, -0.2) is 0 Å². The van der Waals surface area contributed by atoms with Crippen LogP contribution in [0.3, 0.4) is 0 Å². The van der Waals surface area contributed by atoms with Gasteiger partial charge in [0.25, 0.3) is 5.91 Å². The van der Waals surface area contributed by atoms with Gasteiger partial charge in [0, 0.05) is 24.1 Å². The van der Waals surface area contributed by atoms with Crippen molar-refractivity contribution in [3.63, 3.8) is 0 Å². The summed E-state index contributed by atoms with van der Waals surface area (Å²) in [6.45, 7) is 4.85. The minimum atomic E-state index is -0.870. The van der Waals surface area contributed by atoms with E-state index in [0.717, 1.165) is 30.4 Å². The monoisotopic (exact) mass is 351 g/mol. The molecule has 0 aromatic heterocycles. The molecule has 3 nitrogen and oxygen atoms in total. The molecule has 1 N–H and O–H groups in total. The Kier molecular flexibility index (Phi) is 5.77. The van der Waals surface area contributed by atoms with Crippen molar-refractivity contribution in [3.8, 4) is 0 Å². The average molecular weight is 351 g/mol. The Bertz CT molecular complexity index is 716. The van der Waals surface area contributed by atoms with Gasteiger partial charge in [0.15, 0.2) is 0 Å². The Morgan fingerprint density at radius 1 is 1.08 bits per heavy atom. The molecule has 2 aromatic rings. The lowest BCUT2D eigenvalue weighted by Crippen LogP contribution is -2.57. The molecule has 0 aliphatic carbocycles. The number of rotatable bonds is 5. The van der Waals surface area contributed by atoms with Gasteiger partial charge in [-0.2, -0.15) is 0 Å². The highest BCUT2D eigenvalue weighted by molar-refractivity contribution is 5.94. The molecule has 0 spiro atoms. The molecule has 1 heterocycles. The maximum atomic E-state index is 13.1. The van der Waals surface area contributed by atoms with Crippen molar-refractivity contribution in [2.45, 2.75) is 51.2 Å². The van der Waals surface area contributed by atoms with Gasteiger partial charge in [-0.05, 0) is 37.0 Å². The SMILES string of the molecule is CCC[C@@H]1[C@H](CC)N(C(=O)c2ccccc2)CC[C@@]1(O)c1ccccc1. The van der Waals surface area contributed by atoms with Gasteiger partial charge in [-0.1, -0.05) is 68.8 Å². The molecule has 138 valence electrons. The molecule has 0 saturated carbocycles. The largest absolute Gasteiger partial charge is 0.385 e. The molecular formula is C23H29NO2. The smallest absolute Gasteiger partial charge is 0.254 e. The van der Waals surface area contributed by atoms with Crippen LogP contribution in [-0.4, -0.2) is 28.5 Å². The third-order valence-electron chi connectivity index (χ3n) is 5.79. The molecular weight excluding hydrogens is 322 g/mol. The van der Waals surface area contributed by atoms with E-state index in [-0.39, 0.29) is 17.9 Å². The number of carbonyl (C=O) groups excluding carboxylic acids is 1. The van der Waals surface area contributed by atoms with Crippen molar-refractivity contribution in [1.82, 2.24) is 4.90 Å². The number of nitrogens with zero attached hydrogens (tertiary/aromatic N) is 1. The van der Waals surface area contributed by atoms with Crippen molar-refractivity contribution in [1.29, 1.82) is 0 Å². The van der Waals surface area contributed by atoms with Crippen molar-refractivity contribution < 1.29 is 9.90 Å². The van der Waals surface area contributed by atoms with E-state index in [2.05, 4.69) is 13.8 Å². The van der Waals surface area contributed by atoms with Gasteiger partial charge in [0.05, 0.1) is 5.60 Å². The van der Waals surface area contributed by atoms with Gasteiger partial charge in [0.1, 0.15) is 0 Å². The van der Waals surface area contributed by atoms with Crippen LogP contribution in [-0.2, 0) is 5.60 Å². The molecule has 0 bridgehead atoms.